The first-order valence-corrected chi connectivity index (χ1v) is 5.20. The van der Waals surface area contributed by atoms with Crippen LogP contribution in [0.2, 0.25) is 5.15 Å². The van der Waals surface area contributed by atoms with E-state index >= 15 is 0 Å². The zero-order valence-corrected chi connectivity index (χ0v) is 9.61. The lowest BCUT2D eigenvalue weighted by Gasteiger charge is -2.12. The van der Waals surface area contributed by atoms with E-state index in [1.807, 2.05) is 0 Å². The summed E-state index contributed by atoms with van der Waals surface area (Å²) in [5.41, 5.74) is 0.237. The molecule has 18 heavy (non-hydrogen) atoms. The molecule has 0 aromatic carbocycles. The summed E-state index contributed by atoms with van der Waals surface area (Å²) in [6, 6.07) is 4.47. The highest BCUT2D eigenvalue weighted by Crippen LogP contribution is 2.26. The Morgan fingerprint density at radius 2 is 2.11 bits per heavy atom. The standard InChI is InChI=1S/C10H7ClF3N3O/c11-8-3-2-7(6-17-5-1-4-15-17)9(16-8)18-10(12,13)14/h1-5H,6H2. The van der Waals surface area contributed by atoms with Crippen LogP contribution in [0.5, 0.6) is 5.88 Å². The Morgan fingerprint density at radius 1 is 1.33 bits per heavy atom. The molecule has 2 rings (SSSR count). The number of hydrogen-bond donors (Lipinski definition) is 0. The second kappa shape index (κ2) is 4.85. The average Bonchev–Trinajstić information content (AvgIpc) is 2.72. The van der Waals surface area contributed by atoms with Crippen molar-refractivity contribution in [2.45, 2.75) is 12.9 Å². The Labute approximate surface area is 105 Å². The largest absolute Gasteiger partial charge is 0.574 e. The van der Waals surface area contributed by atoms with Gasteiger partial charge in [-0.15, -0.1) is 13.2 Å². The Bertz CT molecular complexity index is 528. The Hall–Kier alpha value is -1.76. The number of hydrogen-bond acceptors (Lipinski definition) is 3. The van der Waals surface area contributed by atoms with Crippen molar-refractivity contribution in [1.29, 1.82) is 0 Å². The fourth-order valence-electron chi connectivity index (χ4n) is 1.33. The van der Waals surface area contributed by atoms with Gasteiger partial charge in [0.05, 0.1) is 6.54 Å². The highest BCUT2D eigenvalue weighted by atomic mass is 35.5. The van der Waals surface area contributed by atoms with Crippen molar-refractivity contribution in [2.75, 3.05) is 0 Å². The first-order valence-electron chi connectivity index (χ1n) is 4.82. The smallest absolute Gasteiger partial charge is 0.387 e. The van der Waals surface area contributed by atoms with Crippen LogP contribution in [0.4, 0.5) is 13.2 Å². The molecule has 8 heteroatoms. The highest BCUT2D eigenvalue weighted by molar-refractivity contribution is 6.29. The third kappa shape index (κ3) is 3.36. The minimum absolute atomic E-state index is 0.0709. The summed E-state index contributed by atoms with van der Waals surface area (Å²) >= 11 is 5.55. The van der Waals surface area contributed by atoms with Crippen molar-refractivity contribution >= 4 is 11.6 Å². The van der Waals surface area contributed by atoms with E-state index in [4.69, 9.17) is 11.6 Å². The molecule has 2 heterocycles. The van der Waals surface area contributed by atoms with Crippen LogP contribution in [-0.4, -0.2) is 21.1 Å². The van der Waals surface area contributed by atoms with Gasteiger partial charge in [0.2, 0.25) is 5.88 Å². The Morgan fingerprint density at radius 3 is 2.72 bits per heavy atom. The molecule has 4 nitrogen and oxygen atoms in total. The molecule has 96 valence electrons. The van der Waals surface area contributed by atoms with E-state index in [0.717, 1.165) is 0 Å². The zero-order valence-electron chi connectivity index (χ0n) is 8.86. The van der Waals surface area contributed by atoms with Crippen LogP contribution in [-0.2, 0) is 6.54 Å². The summed E-state index contributed by atoms with van der Waals surface area (Å²) in [5, 5.41) is 3.82. The molecule has 0 unspecified atom stereocenters. The molecule has 0 fully saturated rings. The minimum atomic E-state index is -4.81. The molecule has 0 saturated heterocycles. The normalized spacial score (nSPS) is 11.6. The lowest BCUT2D eigenvalue weighted by molar-refractivity contribution is -0.276. The van der Waals surface area contributed by atoms with Gasteiger partial charge in [0.15, 0.2) is 0 Å². The molecule has 0 bridgehead atoms. The molecule has 2 aromatic heterocycles. The fourth-order valence-corrected chi connectivity index (χ4v) is 1.47. The molecular weight excluding hydrogens is 271 g/mol. The van der Waals surface area contributed by atoms with Crippen LogP contribution >= 0.6 is 11.6 Å². The van der Waals surface area contributed by atoms with Crippen LogP contribution in [0.1, 0.15) is 5.56 Å². The predicted octanol–water partition coefficient (Wildman–Crippen LogP) is 2.88. The average molecular weight is 278 g/mol. The van der Waals surface area contributed by atoms with Gasteiger partial charge in [-0.1, -0.05) is 11.6 Å². The molecule has 0 aliphatic heterocycles. The maximum absolute atomic E-state index is 12.2. The van der Waals surface area contributed by atoms with E-state index in [-0.39, 0.29) is 17.3 Å². The number of alkyl halides is 3. The van der Waals surface area contributed by atoms with Crippen molar-refractivity contribution in [3.05, 3.63) is 41.3 Å². The van der Waals surface area contributed by atoms with Crippen molar-refractivity contribution < 1.29 is 17.9 Å². The lowest BCUT2D eigenvalue weighted by Crippen LogP contribution is -2.19. The third-order valence-electron chi connectivity index (χ3n) is 2.01. The van der Waals surface area contributed by atoms with Crippen molar-refractivity contribution in [2.24, 2.45) is 0 Å². The van der Waals surface area contributed by atoms with Crippen molar-refractivity contribution in [3.8, 4) is 5.88 Å². The predicted molar refractivity (Wildman–Crippen MR) is 57.3 cm³/mol. The number of ether oxygens (including phenoxy) is 1. The monoisotopic (exact) mass is 277 g/mol. The SMILES string of the molecule is FC(F)(F)Oc1nc(Cl)ccc1Cn1cccn1. The molecular formula is C10H7ClF3N3O. The van der Waals surface area contributed by atoms with E-state index in [2.05, 4.69) is 14.8 Å². The van der Waals surface area contributed by atoms with Gasteiger partial charge in [0, 0.05) is 18.0 Å². The maximum Gasteiger partial charge on any atom is 0.574 e. The Kier molecular flexibility index (Phi) is 3.42. The van der Waals surface area contributed by atoms with Gasteiger partial charge in [-0.2, -0.15) is 5.10 Å². The molecule has 0 aliphatic carbocycles. The quantitative estimate of drug-likeness (QED) is 0.810. The van der Waals surface area contributed by atoms with Crippen molar-refractivity contribution in [1.82, 2.24) is 14.8 Å². The summed E-state index contributed by atoms with van der Waals surface area (Å²) in [5.74, 6) is -0.564. The van der Waals surface area contributed by atoms with Crippen molar-refractivity contribution in [3.63, 3.8) is 0 Å². The van der Waals surface area contributed by atoms with Gasteiger partial charge in [-0.3, -0.25) is 4.68 Å². The summed E-state index contributed by atoms with van der Waals surface area (Å²) in [4.78, 5) is 3.52. The second-order valence-corrected chi connectivity index (χ2v) is 3.74. The van der Waals surface area contributed by atoms with Crippen LogP contribution in [0.15, 0.2) is 30.6 Å². The first kappa shape index (κ1) is 12.7. The van der Waals surface area contributed by atoms with Gasteiger partial charge >= 0.3 is 6.36 Å². The third-order valence-corrected chi connectivity index (χ3v) is 2.22. The summed E-state index contributed by atoms with van der Waals surface area (Å²) in [6.07, 6.45) is -1.67. The summed E-state index contributed by atoms with van der Waals surface area (Å²) < 4.78 is 41.9. The van der Waals surface area contributed by atoms with Crippen LogP contribution in [0.3, 0.4) is 0 Å². The van der Waals surface area contributed by atoms with Crippen LogP contribution in [0, 0.1) is 0 Å². The number of halogens is 4. The maximum atomic E-state index is 12.2. The van der Waals surface area contributed by atoms with Gasteiger partial charge in [-0.25, -0.2) is 4.98 Å². The fraction of sp³-hybridized carbons (Fsp3) is 0.200. The second-order valence-electron chi connectivity index (χ2n) is 3.35. The van der Waals surface area contributed by atoms with E-state index in [9.17, 15) is 13.2 Å². The summed E-state index contributed by atoms with van der Waals surface area (Å²) in [7, 11) is 0. The molecule has 0 aliphatic rings. The van der Waals surface area contributed by atoms with Gasteiger partial charge in [0.25, 0.3) is 0 Å². The first-order chi connectivity index (χ1) is 8.44. The van der Waals surface area contributed by atoms with Gasteiger partial charge < -0.3 is 4.74 Å². The number of rotatable bonds is 3. The van der Waals surface area contributed by atoms with E-state index < -0.39 is 12.2 Å². The minimum Gasteiger partial charge on any atom is -0.387 e. The van der Waals surface area contributed by atoms with Crippen LogP contribution in [0.25, 0.3) is 0 Å². The molecule has 0 saturated carbocycles. The zero-order chi connectivity index (χ0) is 13.2. The number of pyridine rings is 1. The topological polar surface area (TPSA) is 39.9 Å². The molecule has 2 aromatic rings. The molecule has 0 N–H and O–H groups in total. The lowest BCUT2D eigenvalue weighted by atomic mass is 10.3. The highest BCUT2D eigenvalue weighted by Gasteiger charge is 2.33. The summed E-state index contributed by atoms with van der Waals surface area (Å²) in [6.45, 7) is 0.114. The molecule has 0 amide bonds. The van der Waals surface area contributed by atoms with Gasteiger partial charge in [0.1, 0.15) is 5.15 Å². The van der Waals surface area contributed by atoms with Gasteiger partial charge in [-0.05, 0) is 18.2 Å². The molecule has 0 atom stereocenters. The van der Waals surface area contributed by atoms with E-state index in [0.29, 0.717) is 0 Å². The van der Waals surface area contributed by atoms with E-state index in [1.165, 1.54) is 23.0 Å². The number of nitrogens with zero attached hydrogens (tertiary/aromatic N) is 3. The molecule has 0 spiro atoms. The number of aromatic nitrogens is 3. The van der Waals surface area contributed by atoms with E-state index in [1.54, 1.807) is 12.3 Å². The molecule has 0 radical (unpaired) electrons. The Balaban J connectivity index is 2.28. The van der Waals surface area contributed by atoms with Crippen LogP contribution < -0.4 is 4.74 Å².